The number of ketones is 1. The summed E-state index contributed by atoms with van der Waals surface area (Å²) in [5.41, 5.74) is -0.697. The fourth-order valence-corrected chi connectivity index (χ4v) is 11.7. The zero-order valence-electron chi connectivity index (χ0n) is 47.0. The monoisotopic (exact) mass is 1080 g/mol. The highest BCUT2D eigenvalue weighted by atomic mass is 16.7. The molecule has 0 saturated carbocycles. The van der Waals surface area contributed by atoms with E-state index in [0.717, 1.165) is 31.6 Å². The number of phenols is 2. The predicted molar refractivity (Wildman–Crippen MR) is 293 cm³/mol. The van der Waals surface area contributed by atoms with Crippen molar-refractivity contribution in [2.24, 2.45) is 52.5 Å². The number of aliphatic hydroxyl groups excluding tert-OH is 2. The molecular weight excluding hydrogens is 999 g/mol. The van der Waals surface area contributed by atoms with Gasteiger partial charge < -0.3 is 59.1 Å². The van der Waals surface area contributed by atoms with Crippen molar-refractivity contribution in [3.63, 3.8) is 0 Å². The lowest BCUT2D eigenvalue weighted by molar-refractivity contribution is -0.165. The summed E-state index contributed by atoms with van der Waals surface area (Å²) in [5.74, 6) is -6.40. The summed E-state index contributed by atoms with van der Waals surface area (Å²) < 4.78 is 26.7. The molecule has 2 amide bonds. The van der Waals surface area contributed by atoms with Gasteiger partial charge in [-0.05, 0) is 44.6 Å². The number of amides is 2. The number of Topliss-reactive ketones (excluding diaryl/α,β-unsaturated/α-hetero) is 1. The Labute approximate surface area is 457 Å². The van der Waals surface area contributed by atoms with Crippen LogP contribution in [0.2, 0.25) is 0 Å². The number of methoxy groups -OCH3 is 1. The highest BCUT2D eigenvalue weighted by Crippen LogP contribution is 2.50. The van der Waals surface area contributed by atoms with Crippen LogP contribution in [-0.2, 0) is 42.1 Å². The van der Waals surface area contributed by atoms with Gasteiger partial charge in [0.15, 0.2) is 11.4 Å². The molecule has 7 heterocycles. The molecule has 0 aliphatic carbocycles. The maximum Gasteiger partial charge on any atom is 0.315 e. The van der Waals surface area contributed by atoms with Crippen LogP contribution in [0.1, 0.15) is 109 Å². The van der Waals surface area contributed by atoms with Crippen LogP contribution in [0, 0.1) is 55.3 Å². The first-order chi connectivity index (χ1) is 37.0. The fraction of sp³-hybridized carbons (Fsp3) is 0.576. The largest absolute Gasteiger partial charge is 0.507 e. The minimum absolute atomic E-state index is 0.00902. The third-order valence-electron chi connectivity index (χ3n) is 16.5. The number of aromatic nitrogens is 2. The number of nitrogens with zero attached hydrogens (tertiary/aromatic N) is 6. The number of aliphatic hydroxyl groups is 2. The van der Waals surface area contributed by atoms with Crippen LogP contribution in [0.25, 0.3) is 10.8 Å². The number of carbonyl (C=O) groups is 4. The smallest absolute Gasteiger partial charge is 0.315 e. The van der Waals surface area contributed by atoms with Crippen molar-refractivity contribution in [1.29, 1.82) is 0 Å². The summed E-state index contributed by atoms with van der Waals surface area (Å²) in [5, 5.41) is 51.1. The number of anilines is 1. The van der Waals surface area contributed by atoms with Crippen molar-refractivity contribution in [3.8, 4) is 30.1 Å². The lowest BCUT2D eigenvalue weighted by atomic mass is 9.78. The molecular formula is C59H79N7O12. The number of hydrogen-bond donors (Lipinski definition) is 5. The Morgan fingerprint density at radius 1 is 0.923 bits per heavy atom. The first-order valence-electron chi connectivity index (χ1n) is 27.1. The number of ether oxygens (including phenoxy) is 4. The van der Waals surface area contributed by atoms with E-state index < -0.39 is 95.1 Å². The summed E-state index contributed by atoms with van der Waals surface area (Å²) in [6, 6.07) is 0. The minimum Gasteiger partial charge on any atom is -0.507 e. The van der Waals surface area contributed by atoms with Gasteiger partial charge in [0, 0.05) is 126 Å². The first-order valence-corrected chi connectivity index (χ1v) is 27.1. The molecule has 9 rings (SSSR count). The van der Waals surface area contributed by atoms with Crippen molar-refractivity contribution < 1.29 is 58.6 Å². The summed E-state index contributed by atoms with van der Waals surface area (Å²) in [6.07, 6.45) is 17.9. The number of carbonyl (C=O) groups excluding carboxylic acids is 4. The molecule has 422 valence electrons. The van der Waals surface area contributed by atoms with Crippen LogP contribution >= 0.6 is 0 Å². The van der Waals surface area contributed by atoms with Gasteiger partial charge in [-0.3, -0.25) is 29.2 Å². The predicted octanol–water partition coefficient (Wildman–Crippen LogP) is 5.58. The summed E-state index contributed by atoms with van der Waals surface area (Å²) in [7, 11) is 3.41. The molecule has 3 aromatic rings. The van der Waals surface area contributed by atoms with E-state index in [2.05, 4.69) is 41.9 Å². The molecule has 19 heteroatoms. The number of phenolic OH excluding ortho intramolecular Hbond substituents is 2. The van der Waals surface area contributed by atoms with Crippen LogP contribution in [0.3, 0.4) is 0 Å². The molecule has 0 radical (unpaired) electrons. The molecule has 5 bridgehead atoms. The summed E-state index contributed by atoms with van der Waals surface area (Å²) in [6.45, 7) is 19.0. The second-order valence-corrected chi connectivity index (χ2v) is 22.5. The van der Waals surface area contributed by atoms with Gasteiger partial charge in [-0.25, -0.2) is 4.98 Å². The second kappa shape index (κ2) is 24.2. The number of imidazole rings is 1. The molecule has 78 heavy (non-hydrogen) atoms. The number of nitrogens with one attached hydrogen (secondary N) is 1. The lowest BCUT2D eigenvalue weighted by Crippen LogP contribution is -2.47. The zero-order chi connectivity index (χ0) is 57.1. The maximum absolute atomic E-state index is 15.0. The Balaban J connectivity index is 0.00000436. The molecule has 2 saturated heterocycles. The fourth-order valence-electron chi connectivity index (χ4n) is 11.7. The van der Waals surface area contributed by atoms with E-state index in [1.165, 1.54) is 26.4 Å². The molecule has 2 fully saturated rings. The normalized spacial score (nSPS) is 29.3. The van der Waals surface area contributed by atoms with Gasteiger partial charge in [-0.1, -0.05) is 59.8 Å². The number of rotatable bonds is 8. The number of aryl methyl sites for hydroxylation is 1. The Kier molecular flexibility index (Phi) is 18.3. The van der Waals surface area contributed by atoms with E-state index in [1.807, 2.05) is 17.8 Å². The van der Waals surface area contributed by atoms with Gasteiger partial charge in [-0.15, -0.1) is 12.8 Å². The SMILES string of the molecule is C#C.CO[C@H]1/C=C/OC2(C)Oc3c(C)c(O)c4c(O)c(c5c(c4c3C2=O)=NC2(CCN(CC(C)C)CC2)N=5)NC(=O)/C(C)=C\C=C\[C@H](C)[C@H](O)[C@@H](C)C(O)[C@@H](C)C(OC(=O)CC(=O)N2CCC(Cc3nccn3C)CC2)[C@@H]1C. The van der Waals surface area contributed by atoms with Gasteiger partial charge >= 0.3 is 11.8 Å². The Morgan fingerprint density at radius 2 is 1.59 bits per heavy atom. The molecule has 5 N–H and O–H groups in total. The van der Waals surface area contributed by atoms with Crippen LogP contribution < -0.4 is 20.8 Å². The van der Waals surface area contributed by atoms with Crippen molar-refractivity contribution >= 4 is 40.0 Å². The average molecular weight is 1080 g/mol. The molecule has 3 unspecified atom stereocenters. The number of terminal acetylenes is 1. The molecule has 6 aliphatic heterocycles. The lowest BCUT2D eigenvalue weighted by Gasteiger charge is -2.38. The minimum atomic E-state index is -2.02. The number of allylic oxidation sites excluding steroid dienone is 2. The standard InChI is InChI=1S/C57H77N7O12.C2H2/c1-30(2)29-63-23-18-57(19-24-63)60-45-42-43-50(69)36(8)53-44(42)54(71)56(9,76-53)74-26-17-38(73-11)33(5)52(75-41(66)28-40(65)64-21-15-37(16-22-64)27-39-58-20-25-62(39)10)35(7)49(68)34(6)48(67)31(3)13-12-14-32(4)55(72)59-47(51(43)70)46(45)61-57;1-2/h12-14,17,20,25-26,30-31,33-35,37-38,48-49,52,67-70H,15-16,18-19,21-24,27-29H2,1-11H3,(H,59,72);1-2H/b13-12+,26-17+,32-14-;/t31-,33+,34+,35+,38-,48-,49?,52?,56?;/m0./s1. The molecule has 6 aliphatic rings. The molecule has 19 nitrogen and oxygen atoms in total. The van der Waals surface area contributed by atoms with E-state index in [9.17, 15) is 39.6 Å². The van der Waals surface area contributed by atoms with E-state index >= 15 is 0 Å². The van der Waals surface area contributed by atoms with Crippen molar-refractivity contribution in [1.82, 2.24) is 19.4 Å². The second-order valence-electron chi connectivity index (χ2n) is 22.5. The van der Waals surface area contributed by atoms with Crippen LogP contribution in [0.15, 0.2) is 58.5 Å². The van der Waals surface area contributed by atoms with Crippen molar-refractivity contribution in [2.45, 2.75) is 137 Å². The van der Waals surface area contributed by atoms with Gasteiger partial charge in [0.25, 0.3) is 11.7 Å². The van der Waals surface area contributed by atoms with Crippen LogP contribution in [0.4, 0.5) is 5.69 Å². The topological polar surface area (TPSA) is 247 Å². The Bertz CT molecular complexity index is 3000. The molecule has 1 aromatic heterocycles. The van der Waals surface area contributed by atoms with Crippen molar-refractivity contribution in [3.05, 3.63) is 76.2 Å². The highest BCUT2D eigenvalue weighted by Gasteiger charge is 2.50. The number of hydrogen-bond acceptors (Lipinski definition) is 16. The van der Waals surface area contributed by atoms with E-state index in [1.54, 1.807) is 70.9 Å². The quantitative estimate of drug-likeness (QED) is 0.0800. The summed E-state index contributed by atoms with van der Waals surface area (Å²) >= 11 is 0. The number of esters is 1. The van der Waals surface area contributed by atoms with Gasteiger partial charge in [-0.2, -0.15) is 0 Å². The third kappa shape index (κ3) is 11.9. The zero-order valence-corrected chi connectivity index (χ0v) is 47.0. The number of fused-ring (bicyclic) bond motifs is 13. The van der Waals surface area contributed by atoms with E-state index in [0.29, 0.717) is 50.9 Å². The van der Waals surface area contributed by atoms with Gasteiger partial charge in [0.1, 0.15) is 40.9 Å². The average Bonchev–Trinajstić information content (AvgIpc) is 4.30. The summed E-state index contributed by atoms with van der Waals surface area (Å²) in [4.78, 5) is 75.4. The molecule has 2 aromatic carbocycles. The first kappa shape index (κ1) is 59.1. The van der Waals surface area contributed by atoms with E-state index in [-0.39, 0.29) is 55.5 Å². The highest BCUT2D eigenvalue weighted by molar-refractivity contribution is 6.19. The van der Waals surface area contributed by atoms with Crippen LogP contribution in [-0.4, -0.2) is 139 Å². The van der Waals surface area contributed by atoms with Crippen LogP contribution in [0.5, 0.6) is 17.2 Å². The Hall–Kier alpha value is -6.59. The number of benzene rings is 2. The van der Waals surface area contributed by atoms with Gasteiger partial charge in [0.2, 0.25) is 5.91 Å². The number of piperidine rings is 2. The molecule has 1 spiro atoms. The van der Waals surface area contributed by atoms with Crippen molar-refractivity contribution in [2.75, 3.05) is 45.2 Å². The number of likely N-dealkylation sites (tertiary alicyclic amines) is 2. The number of aromatic hydroxyl groups is 2. The van der Waals surface area contributed by atoms with E-state index in [4.69, 9.17) is 28.9 Å². The third-order valence-corrected chi connectivity index (χ3v) is 16.5. The molecule has 9 atom stereocenters. The Morgan fingerprint density at radius 3 is 2.22 bits per heavy atom. The maximum atomic E-state index is 15.0. The van der Waals surface area contributed by atoms with Gasteiger partial charge in [0.05, 0.1) is 40.9 Å².